The largest absolute Gasteiger partial charge is 0.454 e. The fraction of sp³-hybridized carbons (Fsp3) is 0.0152. The van der Waals surface area contributed by atoms with E-state index < -0.39 is 0 Å². The van der Waals surface area contributed by atoms with E-state index in [-0.39, 0.29) is 5.92 Å². The molecule has 0 spiro atoms. The first kappa shape index (κ1) is 79.0. The number of para-hydroxylation sites is 3. The number of rotatable bonds is 12. The number of hydrogen-bond donors (Lipinski definition) is 0. The van der Waals surface area contributed by atoms with Crippen LogP contribution in [0.15, 0.2) is 458 Å². The molecule has 7 aromatic heterocycles. The lowest BCUT2D eigenvalue weighted by atomic mass is 9.89. The molecule has 1 aliphatic carbocycles. The fourth-order valence-corrected chi connectivity index (χ4v) is 24.0. The first-order chi connectivity index (χ1) is 70.9. The molecule has 1 aliphatic rings. The molecule has 7 heterocycles. The van der Waals surface area contributed by atoms with Crippen LogP contribution in [-0.4, -0.2) is 43.6 Å². The molecule has 0 amide bonds. The highest BCUT2D eigenvalue weighted by molar-refractivity contribution is 6.28. The third-order valence-corrected chi connectivity index (χ3v) is 30.4. The molecular weight excluding hydrogens is 1740 g/mol. The summed E-state index contributed by atoms with van der Waals surface area (Å²) < 4.78 is 22.2. The third kappa shape index (κ3) is 12.0. The van der Waals surface area contributed by atoms with Crippen molar-refractivity contribution in [2.75, 3.05) is 0 Å². The van der Waals surface area contributed by atoms with Crippen LogP contribution < -0.4 is 0 Å². The Morgan fingerprint density at radius 3 is 1.34 bits per heavy atom. The van der Waals surface area contributed by atoms with Gasteiger partial charge in [-0.1, -0.05) is 340 Å². The Morgan fingerprint density at radius 1 is 0.203 bits per heavy atom. The zero-order valence-corrected chi connectivity index (χ0v) is 76.8. The second-order valence-electron chi connectivity index (χ2n) is 38.1. The zero-order valence-electron chi connectivity index (χ0n) is 76.8. The standard InChI is InChI=1S/C132H77N9O2/c1-3-26-76(27-4-1)68-107-94-42-17-18-44-97(94)119-98(107)46-25-49-103(119)130-136-129(99-47-23-35-77-28-11-14-39-90(77)99)137-132(138-130)105-63-67-114(126-123(105)102-61-54-79-30-13-16-41-93(79)124(102)143-126)141-112-65-58-80-52-53-86(70-106(80)121(112)109-72-82-32-8-10-34-84(82)74-117(109)141)85-55-59-91-87(69-85)36-24-48-100(91)128-133-127(88-56-60-96-95-43-19-21-50-110(95)139(115(96)75-88)89-37-5-2-6-38-89)134-131(135-128)104-62-66-113(125-122(104)101-45-20-22-51-118(101)142-125)140-111-64-57-78-29-12-15-40-92(78)120(111)108-71-81-31-7-9-33-83(81)73-116(108)140/h1-67,69-75,107H,68H2/t107-/m0/s1. The lowest BCUT2D eigenvalue weighted by molar-refractivity contribution is 0.666. The van der Waals surface area contributed by atoms with Gasteiger partial charge in [0.05, 0.1) is 44.5 Å². The minimum Gasteiger partial charge on any atom is -0.454 e. The van der Waals surface area contributed by atoms with Crippen molar-refractivity contribution in [1.29, 1.82) is 0 Å². The highest BCUT2D eigenvalue weighted by Gasteiger charge is 2.35. The van der Waals surface area contributed by atoms with Crippen LogP contribution in [0.1, 0.15) is 22.6 Å². The number of furan rings is 2. The molecule has 11 nitrogen and oxygen atoms in total. The Labute approximate surface area is 817 Å². The first-order valence-electron chi connectivity index (χ1n) is 48.9. The van der Waals surface area contributed by atoms with E-state index in [1.54, 1.807) is 0 Å². The van der Waals surface area contributed by atoms with Gasteiger partial charge >= 0.3 is 0 Å². The molecule has 0 saturated carbocycles. The topological polar surface area (TPSA) is 118 Å². The summed E-state index contributed by atoms with van der Waals surface area (Å²) in [5.41, 5.74) is 25.8. The predicted molar refractivity (Wildman–Crippen MR) is 589 cm³/mol. The van der Waals surface area contributed by atoms with Gasteiger partial charge in [0.25, 0.3) is 0 Å². The molecular formula is C132H77N9O2. The molecule has 0 unspecified atom stereocenters. The second-order valence-corrected chi connectivity index (χ2v) is 38.1. The molecule has 143 heavy (non-hydrogen) atoms. The van der Waals surface area contributed by atoms with Gasteiger partial charge in [-0.25, -0.2) is 29.9 Å². The van der Waals surface area contributed by atoms with Gasteiger partial charge in [-0.2, -0.15) is 0 Å². The SMILES string of the molecule is c1ccc(C[C@H]2c3ccccc3-c3c(-c4nc(-c5cccc6ccccc56)nc(-c5ccc(-n6c7cc8ccccc8cc7c7c8cc(-c9ccc%10c(-c%11nc(-c%12ccc%13c%14ccccc%14n(-c%14ccccc%14)c%13c%12)nc(-c%12ccc(-n%13c%14cc%15ccccc%15cc%14c%14c%15ccccc%15ccc%14%13)c%13oc%14ccccc%14c%12%13)n%11)cccc%10c9)ccc8ccc76)c6oc7c8ccccc8ccc7c56)n4)cccc32)cc1. The van der Waals surface area contributed by atoms with Crippen molar-refractivity contribution in [3.63, 3.8) is 0 Å². The van der Waals surface area contributed by atoms with Gasteiger partial charge < -0.3 is 22.5 Å². The molecule has 1 atom stereocenters. The van der Waals surface area contributed by atoms with Gasteiger partial charge in [-0.05, 0) is 225 Å². The average Bonchev–Trinajstić information content (AvgIpc) is 1.55. The maximum Gasteiger partial charge on any atom is 0.164 e. The van der Waals surface area contributed by atoms with E-state index in [4.69, 9.17) is 38.7 Å². The summed E-state index contributed by atoms with van der Waals surface area (Å²) in [4.78, 5) is 34.2. The monoisotopic (exact) mass is 1820 g/mol. The maximum absolute atomic E-state index is 7.72. The molecule has 11 heteroatoms. The minimum atomic E-state index is 0.126. The Hall–Kier alpha value is -19.1. The van der Waals surface area contributed by atoms with Gasteiger partial charge in [-0.15, -0.1) is 0 Å². The number of hydrogen-bond acceptors (Lipinski definition) is 8. The van der Waals surface area contributed by atoms with E-state index in [2.05, 4.69) is 457 Å². The van der Waals surface area contributed by atoms with Gasteiger partial charge in [0.2, 0.25) is 0 Å². The first-order valence-corrected chi connectivity index (χ1v) is 48.9. The molecule has 30 aromatic rings. The van der Waals surface area contributed by atoms with Crippen LogP contribution in [0.5, 0.6) is 0 Å². The van der Waals surface area contributed by atoms with Crippen molar-refractivity contribution in [2.24, 2.45) is 0 Å². The van der Waals surface area contributed by atoms with Crippen LogP contribution in [-0.2, 0) is 6.42 Å². The summed E-state index contributed by atoms with van der Waals surface area (Å²) in [5, 5.41) is 26.1. The Morgan fingerprint density at radius 2 is 0.636 bits per heavy atom. The maximum atomic E-state index is 7.72. The summed E-state index contributed by atoms with van der Waals surface area (Å²) in [7, 11) is 0. The van der Waals surface area contributed by atoms with Crippen molar-refractivity contribution in [3.05, 3.63) is 466 Å². The van der Waals surface area contributed by atoms with Crippen molar-refractivity contribution in [1.82, 2.24) is 43.6 Å². The average molecular weight is 1820 g/mol. The molecule has 0 bridgehead atoms. The van der Waals surface area contributed by atoms with Crippen LogP contribution in [0.2, 0.25) is 0 Å². The minimum absolute atomic E-state index is 0.126. The van der Waals surface area contributed by atoms with Gasteiger partial charge in [-0.3, -0.25) is 0 Å². The molecule has 31 rings (SSSR count). The van der Waals surface area contributed by atoms with Crippen LogP contribution in [0.25, 0.3) is 292 Å². The molecule has 0 saturated heterocycles. The lowest BCUT2D eigenvalue weighted by Gasteiger charge is -2.16. The number of aromatic nitrogens is 9. The molecule has 662 valence electrons. The van der Waals surface area contributed by atoms with Crippen LogP contribution in [0, 0.1) is 0 Å². The summed E-state index contributed by atoms with van der Waals surface area (Å²) in [6.07, 6.45) is 0.856. The van der Waals surface area contributed by atoms with Crippen molar-refractivity contribution >= 4 is 185 Å². The smallest absolute Gasteiger partial charge is 0.164 e. The van der Waals surface area contributed by atoms with Crippen LogP contribution in [0.4, 0.5) is 0 Å². The summed E-state index contributed by atoms with van der Waals surface area (Å²) >= 11 is 0. The van der Waals surface area contributed by atoms with E-state index in [1.807, 2.05) is 6.07 Å². The van der Waals surface area contributed by atoms with Crippen molar-refractivity contribution in [3.8, 4) is 108 Å². The predicted octanol–water partition coefficient (Wildman–Crippen LogP) is 34.2. The summed E-state index contributed by atoms with van der Waals surface area (Å²) in [5.74, 6) is 3.43. The normalized spacial score (nSPS) is 12.9. The van der Waals surface area contributed by atoms with Gasteiger partial charge in [0.15, 0.2) is 46.1 Å². The quantitative estimate of drug-likeness (QED) is 0.119. The molecule has 23 aromatic carbocycles. The van der Waals surface area contributed by atoms with Crippen LogP contribution in [0.3, 0.4) is 0 Å². The number of nitrogens with zero attached hydrogens (tertiary/aromatic N) is 9. The van der Waals surface area contributed by atoms with Crippen molar-refractivity contribution < 1.29 is 8.83 Å². The number of fused-ring (bicyclic) bond motifs is 28. The van der Waals surface area contributed by atoms with Crippen molar-refractivity contribution in [2.45, 2.75) is 12.3 Å². The highest BCUT2D eigenvalue weighted by Crippen LogP contribution is 2.54. The molecule has 0 aliphatic heterocycles. The zero-order chi connectivity index (χ0) is 93.3. The van der Waals surface area contributed by atoms with Gasteiger partial charge in [0.1, 0.15) is 11.2 Å². The van der Waals surface area contributed by atoms with Crippen LogP contribution >= 0.6 is 0 Å². The summed E-state index contributed by atoms with van der Waals surface area (Å²) in [6, 6.07) is 163. The highest BCUT2D eigenvalue weighted by atomic mass is 16.3. The summed E-state index contributed by atoms with van der Waals surface area (Å²) in [6.45, 7) is 0. The molecule has 0 fully saturated rings. The third-order valence-electron chi connectivity index (χ3n) is 30.4. The Kier molecular flexibility index (Phi) is 17.0. The lowest BCUT2D eigenvalue weighted by Crippen LogP contribution is -2.03. The van der Waals surface area contributed by atoms with E-state index in [0.717, 1.165) is 226 Å². The van der Waals surface area contributed by atoms with Gasteiger partial charge in [0, 0.05) is 104 Å². The fourth-order valence-electron chi connectivity index (χ4n) is 24.0. The Balaban J connectivity index is 0.584. The van der Waals surface area contributed by atoms with E-state index in [1.165, 1.54) is 49.2 Å². The molecule has 0 radical (unpaired) electrons. The number of benzene rings is 23. The van der Waals surface area contributed by atoms with E-state index >= 15 is 0 Å². The van der Waals surface area contributed by atoms with E-state index in [0.29, 0.717) is 40.5 Å². The molecule has 0 N–H and O–H groups in total. The van der Waals surface area contributed by atoms with E-state index in [9.17, 15) is 0 Å². The second kappa shape index (κ2) is 30.7. The Bertz CT molecular complexity index is 10800.